The third kappa shape index (κ3) is 3.85. The molecule has 0 heterocycles. The van der Waals surface area contributed by atoms with Crippen LogP contribution in [0, 0.1) is 11.2 Å². The van der Waals surface area contributed by atoms with Crippen molar-refractivity contribution < 1.29 is 13.9 Å². The smallest absolute Gasteiger partial charge is 0.231 e. The number of hydrogen-bond acceptors (Lipinski definition) is 3. The molecule has 0 spiro atoms. The number of rotatable bonds is 4. The van der Waals surface area contributed by atoms with E-state index in [9.17, 15) is 9.18 Å². The molecular formula is C12H18ClFN2O2. The van der Waals surface area contributed by atoms with Gasteiger partial charge in [0.1, 0.15) is 11.6 Å². The second-order valence-electron chi connectivity index (χ2n) is 4.39. The van der Waals surface area contributed by atoms with Crippen LogP contribution < -0.4 is 15.8 Å². The monoisotopic (exact) mass is 276 g/mol. The molecular weight excluding hydrogens is 259 g/mol. The van der Waals surface area contributed by atoms with E-state index in [1.807, 2.05) is 0 Å². The van der Waals surface area contributed by atoms with E-state index in [0.717, 1.165) is 0 Å². The largest absolute Gasteiger partial charge is 0.497 e. The zero-order valence-electron chi connectivity index (χ0n) is 10.6. The quantitative estimate of drug-likeness (QED) is 0.886. The first-order valence-corrected chi connectivity index (χ1v) is 5.26. The Balaban J connectivity index is 0.00000289. The lowest BCUT2D eigenvalue weighted by atomic mass is 9.92. The lowest BCUT2D eigenvalue weighted by molar-refractivity contribution is -0.123. The van der Waals surface area contributed by atoms with Gasteiger partial charge in [0.25, 0.3) is 0 Å². The van der Waals surface area contributed by atoms with Crippen molar-refractivity contribution in [2.45, 2.75) is 13.8 Å². The Bertz CT molecular complexity index is 425. The first-order chi connectivity index (χ1) is 7.90. The molecule has 0 atom stereocenters. The molecule has 1 rings (SSSR count). The Morgan fingerprint density at radius 1 is 1.50 bits per heavy atom. The first kappa shape index (κ1) is 16.7. The lowest BCUT2D eigenvalue weighted by Gasteiger charge is -2.21. The molecule has 6 heteroatoms. The van der Waals surface area contributed by atoms with Crippen molar-refractivity contribution in [3.8, 4) is 5.75 Å². The minimum atomic E-state index is -0.741. The van der Waals surface area contributed by atoms with E-state index in [2.05, 4.69) is 5.32 Å². The summed E-state index contributed by atoms with van der Waals surface area (Å²) in [6, 6.07) is 4.16. The predicted octanol–water partition coefficient (Wildman–Crippen LogP) is 2.18. The number of nitrogens with one attached hydrogen (secondary N) is 1. The third-order valence-corrected chi connectivity index (χ3v) is 2.55. The van der Waals surface area contributed by atoms with Crippen LogP contribution in [-0.4, -0.2) is 19.6 Å². The van der Waals surface area contributed by atoms with Crippen LogP contribution in [0.1, 0.15) is 13.8 Å². The first-order valence-electron chi connectivity index (χ1n) is 5.26. The van der Waals surface area contributed by atoms with E-state index in [1.165, 1.54) is 25.3 Å². The van der Waals surface area contributed by atoms with E-state index < -0.39 is 11.2 Å². The van der Waals surface area contributed by atoms with Crippen molar-refractivity contribution in [2.75, 3.05) is 19.0 Å². The highest BCUT2D eigenvalue weighted by atomic mass is 35.5. The van der Waals surface area contributed by atoms with Crippen molar-refractivity contribution in [3.63, 3.8) is 0 Å². The van der Waals surface area contributed by atoms with Gasteiger partial charge >= 0.3 is 0 Å². The van der Waals surface area contributed by atoms with Crippen LogP contribution in [0.5, 0.6) is 5.75 Å². The van der Waals surface area contributed by atoms with Crippen LogP contribution in [0.3, 0.4) is 0 Å². The standard InChI is InChI=1S/C12H17FN2O2.ClH/c1-12(2,7-14)11(16)15-10-6-8(17-3)4-5-9(10)13;/h4-6H,7,14H2,1-3H3,(H,15,16);1H. The zero-order chi connectivity index (χ0) is 13.1. The van der Waals surface area contributed by atoms with Gasteiger partial charge in [-0.15, -0.1) is 12.4 Å². The van der Waals surface area contributed by atoms with E-state index in [0.29, 0.717) is 5.75 Å². The normalized spacial score (nSPS) is 10.5. The Hall–Kier alpha value is -1.33. The maximum absolute atomic E-state index is 13.5. The molecule has 0 aliphatic carbocycles. The van der Waals surface area contributed by atoms with Gasteiger partial charge in [-0.05, 0) is 26.0 Å². The summed E-state index contributed by atoms with van der Waals surface area (Å²) in [4.78, 5) is 11.8. The molecule has 1 aromatic carbocycles. The molecule has 0 saturated heterocycles. The zero-order valence-corrected chi connectivity index (χ0v) is 11.4. The van der Waals surface area contributed by atoms with Gasteiger partial charge in [0.05, 0.1) is 18.2 Å². The molecule has 1 aromatic rings. The molecule has 0 aliphatic rings. The van der Waals surface area contributed by atoms with Crippen LogP contribution in [0.4, 0.5) is 10.1 Å². The van der Waals surface area contributed by atoms with Crippen LogP contribution in [0.2, 0.25) is 0 Å². The average molecular weight is 277 g/mol. The van der Waals surface area contributed by atoms with Crippen molar-refractivity contribution >= 4 is 24.0 Å². The minimum absolute atomic E-state index is 0. The molecule has 0 radical (unpaired) electrons. The van der Waals surface area contributed by atoms with Gasteiger partial charge in [-0.25, -0.2) is 4.39 Å². The van der Waals surface area contributed by atoms with Crippen molar-refractivity contribution in [3.05, 3.63) is 24.0 Å². The van der Waals surface area contributed by atoms with Gasteiger partial charge in [-0.3, -0.25) is 4.79 Å². The minimum Gasteiger partial charge on any atom is -0.497 e. The number of methoxy groups -OCH3 is 1. The number of carbonyl (C=O) groups excluding carboxylic acids is 1. The maximum atomic E-state index is 13.5. The summed E-state index contributed by atoms with van der Waals surface area (Å²) in [7, 11) is 1.47. The number of anilines is 1. The number of benzene rings is 1. The molecule has 1 amide bonds. The van der Waals surface area contributed by atoms with Gasteiger partial charge in [0.15, 0.2) is 0 Å². The van der Waals surface area contributed by atoms with Crippen molar-refractivity contribution in [1.29, 1.82) is 0 Å². The molecule has 18 heavy (non-hydrogen) atoms. The summed E-state index contributed by atoms with van der Waals surface area (Å²) >= 11 is 0. The molecule has 0 bridgehead atoms. The van der Waals surface area contributed by atoms with Crippen molar-refractivity contribution in [1.82, 2.24) is 0 Å². The fourth-order valence-electron chi connectivity index (χ4n) is 1.11. The molecule has 4 nitrogen and oxygen atoms in total. The van der Waals surface area contributed by atoms with E-state index in [4.69, 9.17) is 10.5 Å². The van der Waals surface area contributed by atoms with Crippen LogP contribution in [0.25, 0.3) is 0 Å². The Labute approximate surface area is 112 Å². The Morgan fingerprint density at radius 2 is 2.11 bits per heavy atom. The van der Waals surface area contributed by atoms with E-state index in [-0.39, 0.29) is 30.5 Å². The number of amides is 1. The summed E-state index contributed by atoms with van der Waals surface area (Å²) in [5.74, 6) is -0.355. The molecule has 0 aromatic heterocycles. The fourth-order valence-corrected chi connectivity index (χ4v) is 1.11. The maximum Gasteiger partial charge on any atom is 0.231 e. The lowest BCUT2D eigenvalue weighted by Crippen LogP contribution is -2.37. The Kier molecular flexibility index (Phi) is 6.08. The summed E-state index contributed by atoms with van der Waals surface area (Å²) < 4.78 is 18.4. The SMILES string of the molecule is COc1ccc(F)c(NC(=O)C(C)(C)CN)c1.Cl. The molecule has 3 N–H and O–H groups in total. The number of ether oxygens (including phenoxy) is 1. The summed E-state index contributed by atoms with van der Waals surface area (Å²) in [5.41, 5.74) is 4.83. The van der Waals surface area contributed by atoms with Gasteiger partial charge in [-0.2, -0.15) is 0 Å². The van der Waals surface area contributed by atoms with E-state index in [1.54, 1.807) is 13.8 Å². The van der Waals surface area contributed by atoms with Gasteiger partial charge in [0, 0.05) is 12.6 Å². The van der Waals surface area contributed by atoms with Crippen molar-refractivity contribution in [2.24, 2.45) is 11.1 Å². The number of nitrogens with two attached hydrogens (primary N) is 1. The number of halogens is 2. The van der Waals surface area contributed by atoms with Crippen LogP contribution >= 0.6 is 12.4 Å². The second-order valence-corrected chi connectivity index (χ2v) is 4.39. The second kappa shape index (κ2) is 6.56. The highest BCUT2D eigenvalue weighted by Crippen LogP contribution is 2.23. The van der Waals surface area contributed by atoms with Gasteiger partial charge in [-0.1, -0.05) is 0 Å². The molecule has 102 valence electrons. The molecule has 0 unspecified atom stereocenters. The van der Waals surface area contributed by atoms with Gasteiger partial charge in [0.2, 0.25) is 5.91 Å². The van der Waals surface area contributed by atoms with Crippen LogP contribution in [0.15, 0.2) is 18.2 Å². The highest BCUT2D eigenvalue weighted by Gasteiger charge is 2.26. The molecule has 0 aliphatic heterocycles. The van der Waals surface area contributed by atoms with Gasteiger partial charge < -0.3 is 15.8 Å². The average Bonchev–Trinajstić information content (AvgIpc) is 2.31. The highest BCUT2D eigenvalue weighted by molar-refractivity contribution is 5.95. The summed E-state index contributed by atoms with van der Waals surface area (Å²) in [6.45, 7) is 3.57. The topological polar surface area (TPSA) is 64.3 Å². The number of carbonyl (C=O) groups is 1. The fraction of sp³-hybridized carbons (Fsp3) is 0.417. The number of hydrogen-bond donors (Lipinski definition) is 2. The third-order valence-electron chi connectivity index (χ3n) is 2.55. The predicted molar refractivity (Wildman–Crippen MR) is 71.7 cm³/mol. The summed E-state index contributed by atoms with van der Waals surface area (Å²) in [6.07, 6.45) is 0. The van der Waals surface area contributed by atoms with E-state index >= 15 is 0 Å². The Morgan fingerprint density at radius 3 is 2.61 bits per heavy atom. The van der Waals surface area contributed by atoms with Crippen LogP contribution in [-0.2, 0) is 4.79 Å². The molecule has 0 saturated carbocycles. The molecule has 0 fully saturated rings. The summed E-state index contributed by atoms with van der Waals surface area (Å²) in [5, 5.41) is 2.50.